The van der Waals surface area contributed by atoms with Crippen LogP contribution in [0.4, 0.5) is 28.8 Å². The molecule has 39 heavy (non-hydrogen) atoms. The zero-order valence-corrected chi connectivity index (χ0v) is 24.4. The van der Waals surface area contributed by atoms with E-state index < -0.39 is 0 Å². The lowest BCUT2D eigenvalue weighted by Crippen LogP contribution is -2.28. The van der Waals surface area contributed by atoms with E-state index >= 15 is 0 Å². The largest absolute Gasteiger partial charge is 0.495 e. The Morgan fingerprint density at radius 3 is 2.56 bits per heavy atom. The highest BCUT2D eigenvalue weighted by molar-refractivity contribution is 7.64. The molecule has 1 aliphatic carbocycles. The highest BCUT2D eigenvalue weighted by atomic mass is 35.5. The van der Waals surface area contributed by atoms with Crippen LogP contribution in [-0.4, -0.2) is 60.8 Å². The normalized spacial score (nSPS) is 13.3. The Bertz CT molecular complexity index is 1460. The van der Waals surface area contributed by atoms with Gasteiger partial charge in [-0.1, -0.05) is 56.1 Å². The predicted molar refractivity (Wildman–Crippen MR) is 163 cm³/mol. The number of anilines is 5. The summed E-state index contributed by atoms with van der Waals surface area (Å²) in [5.41, 5.74) is 2.51. The number of nitrogens with zero attached hydrogens (tertiary/aromatic N) is 3. The van der Waals surface area contributed by atoms with Crippen molar-refractivity contribution in [1.82, 2.24) is 14.9 Å². The van der Waals surface area contributed by atoms with Crippen LogP contribution in [0.5, 0.6) is 5.75 Å². The molecular formula is C29H32ClN6O2P. The second kappa shape index (κ2) is 12.0. The summed E-state index contributed by atoms with van der Waals surface area (Å²) in [5, 5.41) is 11.0. The summed E-state index contributed by atoms with van der Waals surface area (Å²) in [5.74, 6) is 7.56. The monoisotopic (exact) mass is 562 g/mol. The summed E-state index contributed by atoms with van der Waals surface area (Å²) in [6.07, 6.45) is 4.76. The highest BCUT2D eigenvalue weighted by Gasteiger charge is 2.43. The van der Waals surface area contributed by atoms with Crippen molar-refractivity contribution in [3.05, 3.63) is 65.8 Å². The number of hydrogen-bond donors (Lipinski definition) is 3. The van der Waals surface area contributed by atoms with E-state index in [2.05, 4.69) is 68.6 Å². The molecule has 202 valence electrons. The standard InChI is InChI=1S/C29H32ClN6O2P/c1-7-26(37)32-22-17-23(24(38-4)16-19(22)12-13-29(14-15-29)36(2)3)34-28-31-18-20(30)27(35-28)33-21-10-8-9-11-25(21)39(5)6/h7-11,16-18H,1,14-15H2,2-6H3,(H,32,37)(H2,31,33,34,35). The van der Waals surface area contributed by atoms with Crippen LogP contribution in [0, 0.1) is 11.8 Å². The van der Waals surface area contributed by atoms with Crippen LogP contribution in [0.25, 0.3) is 0 Å². The molecule has 10 heteroatoms. The molecule has 0 spiro atoms. The fraction of sp³-hybridized carbons (Fsp3) is 0.276. The van der Waals surface area contributed by atoms with E-state index in [1.165, 1.54) is 17.6 Å². The molecule has 0 aliphatic heterocycles. The molecule has 1 saturated carbocycles. The summed E-state index contributed by atoms with van der Waals surface area (Å²) in [4.78, 5) is 23.3. The van der Waals surface area contributed by atoms with Gasteiger partial charge in [0, 0.05) is 11.8 Å². The Kier molecular flexibility index (Phi) is 8.76. The quantitative estimate of drug-likeness (QED) is 0.179. The number of para-hydroxylation sites is 1. The average Bonchev–Trinajstić information content (AvgIpc) is 3.71. The van der Waals surface area contributed by atoms with Crippen molar-refractivity contribution in [3.8, 4) is 17.6 Å². The minimum atomic E-state index is -0.345. The van der Waals surface area contributed by atoms with E-state index in [1.54, 1.807) is 19.2 Å². The van der Waals surface area contributed by atoms with Gasteiger partial charge in [-0.2, -0.15) is 4.98 Å². The van der Waals surface area contributed by atoms with Gasteiger partial charge in [0.15, 0.2) is 5.82 Å². The van der Waals surface area contributed by atoms with Crippen molar-refractivity contribution in [3.63, 3.8) is 0 Å². The Morgan fingerprint density at radius 2 is 1.92 bits per heavy atom. The summed E-state index contributed by atoms with van der Waals surface area (Å²) < 4.78 is 5.66. The molecule has 0 atom stereocenters. The molecule has 8 nitrogen and oxygen atoms in total. The number of carbonyl (C=O) groups excluding carboxylic acids is 1. The van der Waals surface area contributed by atoms with Crippen molar-refractivity contribution < 1.29 is 9.53 Å². The topological polar surface area (TPSA) is 91.4 Å². The van der Waals surface area contributed by atoms with Gasteiger partial charge in [0.25, 0.3) is 0 Å². The van der Waals surface area contributed by atoms with Gasteiger partial charge in [0.2, 0.25) is 11.9 Å². The minimum Gasteiger partial charge on any atom is -0.495 e. The first kappa shape index (κ1) is 28.4. The molecule has 1 amide bonds. The zero-order valence-electron chi connectivity index (χ0n) is 22.7. The molecule has 3 aromatic rings. The first-order valence-corrected chi connectivity index (χ1v) is 15.0. The zero-order chi connectivity index (χ0) is 28.2. The smallest absolute Gasteiger partial charge is 0.247 e. The molecule has 1 aliphatic rings. The van der Waals surface area contributed by atoms with Crippen LogP contribution >= 0.6 is 19.5 Å². The first-order chi connectivity index (χ1) is 18.7. The number of ether oxygens (including phenoxy) is 1. The molecule has 0 unspecified atom stereocenters. The second-order valence-corrected chi connectivity index (χ2v) is 12.2. The number of carbonyl (C=O) groups is 1. The number of halogens is 1. The molecule has 0 saturated heterocycles. The lowest BCUT2D eigenvalue weighted by atomic mass is 10.1. The van der Waals surface area contributed by atoms with Crippen LogP contribution in [0.15, 0.2) is 55.3 Å². The van der Waals surface area contributed by atoms with Gasteiger partial charge in [-0.15, -0.1) is 0 Å². The van der Waals surface area contributed by atoms with Gasteiger partial charge in [-0.3, -0.25) is 9.69 Å². The average molecular weight is 563 g/mol. The molecule has 1 aromatic heterocycles. The van der Waals surface area contributed by atoms with Crippen molar-refractivity contribution in [2.45, 2.75) is 18.4 Å². The number of aromatic nitrogens is 2. The van der Waals surface area contributed by atoms with Crippen LogP contribution in [0.3, 0.4) is 0 Å². The van der Waals surface area contributed by atoms with Crippen LogP contribution in [0.1, 0.15) is 18.4 Å². The lowest BCUT2D eigenvalue weighted by molar-refractivity contribution is -0.111. The third-order valence-electron chi connectivity index (χ3n) is 6.42. The maximum atomic E-state index is 12.2. The number of benzene rings is 2. The third kappa shape index (κ3) is 6.69. The van der Waals surface area contributed by atoms with Gasteiger partial charge in [0.05, 0.1) is 35.8 Å². The Hall–Kier alpha value is -3.63. The maximum absolute atomic E-state index is 12.2. The van der Waals surface area contributed by atoms with E-state index in [0.29, 0.717) is 39.5 Å². The van der Waals surface area contributed by atoms with Crippen LogP contribution in [0.2, 0.25) is 5.02 Å². The predicted octanol–water partition coefficient (Wildman–Crippen LogP) is 5.56. The fourth-order valence-electron chi connectivity index (χ4n) is 3.96. The molecule has 4 rings (SSSR count). The van der Waals surface area contributed by atoms with Gasteiger partial charge >= 0.3 is 0 Å². The van der Waals surface area contributed by atoms with Crippen molar-refractivity contribution in [1.29, 1.82) is 0 Å². The molecule has 0 bridgehead atoms. The molecular weight excluding hydrogens is 531 g/mol. The number of amides is 1. The second-order valence-electron chi connectivity index (χ2n) is 9.52. The van der Waals surface area contributed by atoms with Crippen LogP contribution < -0.4 is 26.0 Å². The molecule has 0 radical (unpaired) electrons. The van der Waals surface area contributed by atoms with Crippen molar-refractivity contribution in [2.24, 2.45) is 0 Å². The minimum absolute atomic E-state index is 0.139. The van der Waals surface area contributed by atoms with Crippen molar-refractivity contribution in [2.75, 3.05) is 50.5 Å². The summed E-state index contributed by atoms with van der Waals surface area (Å²) in [7, 11) is 5.27. The molecule has 1 heterocycles. The summed E-state index contributed by atoms with van der Waals surface area (Å²) in [6.45, 7) is 7.95. The Morgan fingerprint density at radius 1 is 1.18 bits per heavy atom. The van der Waals surface area contributed by atoms with Crippen molar-refractivity contribution >= 4 is 59.6 Å². The Labute approximate surface area is 236 Å². The highest BCUT2D eigenvalue weighted by Crippen LogP contribution is 2.40. The van der Waals surface area contributed by atoms with E-state index in [-0.39, 0.29) is 19.4 Å². The fourth-order valence-corrected chi connectivity index (χ4v) is 5.09. The molecule has 2 aromatic carbocycles. The first-order valence-electron chi connectivity index (χ1n) is 12.3. The summed E-state index contributed by atoms with van der Waals surface area (Å²) >= 11 is 6.45. The lowest BCUT2D eigenvalue weighted by Gasteiger charge is -2.18. The number of methoxy groups -OCH3 is 1. The number of hydrogen-bond acceptors (Lipinski definition) is 7. The van der Waals surface area contributed by atoms with Gasteiger partial charge < -0.3 is 20.7 Å². The van der Waals surface area contributed by atoms with E-state index in [0.717, 1.165) is 18.5 Å². The number of rotatable bonds is 9. The summed E-state index contributed by atoms with van der Waals surface area (Å²) in [6, 6.07) is 11.6. The Balaban J connectivity index is 1.69. The molecule has 1 fully saturated rings. The van der Waals surface area contributed by atoms with Crippen LogP contribution in [-0.2, 0) is 4.79 Å². The van der Waals surface area contributed by atoms with Gasteiger partial charge in [-0.05, 0) is 63.8 Å². The third-order valence-corrected chi connectivity index (χ3v) is 8.05. The van der Waals surface area contributed by atoms with Gasteiger partial charge in [0.1, 0.15) is 10.8 Å². The molecule has 3 N–H and O–H groups in total. The van der Waals surface area contributed by atoms with E-state index in [4.69, 9.17) is 16.3 Å². The van der Waals surface area contributed by atoms with E-state index in [1.807, 2.05) is 32.3 Å². The van der Waals surface area contributed by atoms with Gasteiger partial charge in [-0.25, -0.2) is 4.98 Å². The van der Waals surface area contributed by atoms with E-state index in [9.17, 15) is 4.79 Å². The SMILES string of the molecule is C=CC(=O)Nc1cc(Nc2ncc(Cl)c(Nc3ccccc3P(C)C)n2)c(OC)cc1C#CC1(N(C)C)CC1. The maximum Gasteiger partial charge on any atom is 0.247 e. The number of nitrogens with one attached hydrogen (secondary N) is 3.